The van der Waals surface area contributed by atoms with E-state index >= 15 is 0 Å². The van der Waals surface area contributed by atoms with E-state index in [1.807, 2.05) is 18.2 Å². The van der Waals surface area contributed by atoms with E-state index in [1.54, 1.807) is 0 Å². The van der Waals surface area contributed by atoms with Crippen LogP contribution in [0.4, 0.5) is 34.1 Å². The number of benzene rings is 12. The summed E-state index contributed by atoms with van der Waals surface area (Å²) >= 11 is 0. The summed E-state index contributed by atoms with van der Waals surface area (Å²) in [6.07, 6.45) is 8.59. The standard InChI is InChI=1S/C80H75BN2O.C13H10O/c1-11-13-27-56(12-2)77(3,4)62-41-47-70-68(52-62)81-69-53-63(80(9,10)59-32-21-16-22-33-59)42-48-71(69)83(65-45-39-61(40-46-65)79(7,8)58-30-19-15-20-31-58)73-51-54(49-55-26-25-35-67-66-34-23-24-36-74(66)84-76(55)67)50-72(75(73)81)82(70)64-43-37-60(38-44-64)78(5,6)57-28-17-14-18-29-57;1-9-5-4-7-11-10-6-2-3-8-12(10)14-13(9)11/h12-48,50-53H,11,49H2,1-10H3;2-8H,1H3/b27-13-,56-12+;. The maximum absolute atomic E-state index is 6.79. The largest absolute Gasteiger partial charge is 0.456 e. The van der Waals surface area contributed by atoms with E-state index < -0.39 is 0 Å². The highest BCUT2D eigenvalue weighted by molar-refractivity contribution is 7.00. The van der Waals surface area contributed by atoms with Gasteiger partial charge in [-0.2, -0.15) is 0 Å². The first kappa shape index (κ1) is 63.4. The Hall–Kier alpha value is -10.6. The number of furan rings is 2. The lowest BCUT2D eigenvalue weighted by atomic mass is 9.33. The van der Waals surface area contributed by atoms with Crippen LogP contribution in [0.3, 0.4) is 0 Å². The van der Waals surface area contributed by atoms with Crippen LogP contribution in [0.25, 0.3) is 43.9 Å². The van der Waals surface area contributed by atoms with Crippen LogP contribution in [0.15, 0.2) is 306 Å². The molecule has 2 aliphatic rings. The van der Waals surface area contributed by atoms with Crippen LogP contribution < -0.4 is 26.2 Å². The fraction of sp³-hybridized carbons (Fsp3) is 0.183. The van der Waals surface area contributed by atoms with Crippen LogP contribution in [0.5, 0.6) is 0 Å². The van der Waals surface area contributed by atoms with Crippen LogP contribution >= 0.6 is 0 Å². The molecule has 0 aliphatic carbocycles. The van der Waals surface area contributed by atoms with Crippen molar-refractivity contribution in [1.29, 1.82) is 0 Å². The molecular weight excluding hydrogens is 1190 g/mol. The van der Waals surface area contributed by atoms with Gasteiger partial charge in [0.2, 0.25) is 0 Å². The normalized spacial score (nSPS) is 13.3. The molecule has 2 aliphatic heterocycles. The first-order chi connectivity index (χ1) is 47.4. The molecule has 482 valence electrons. The van der Waals surface area contributed by atoms with Crippen molar-refractivity contribution >= 4 is 101 Å². The van der Waals surface area contributed by atoms with Crippen LogP contribution in [0.1, 0.15) is 131 Å². The van der Waals surface area contributed by atoms with Crippen molar-refractivity contribution in [3.8, 4) is 0 Å². The Labute approximate surface area is 579 Å². The zero-order valence-corrected chi connectivity index (χ0v) is 58.4. The highest BCUT2D eigenvalue weighted by Crippen LogP contribution is 2.49. The summed E-state index contributed by atoms with van der Waals surface area (Å²) in [4.78, 5) is 5.18. The zero-order chi connectivity index (χ0) is 67.7. The van der Waals surface area contributed by atoms with E-state index in [-0.39, 0.29) is 28.4 Å². The molecule has 14 aromatic rings. The van der Waals surface area contributed by atoms with Crippen molar-refractivity contribution in [2.75, 3.05) is 9.80 Å². The number of hydrogen-bond acceptors (Lipinski definition) is 4. The predicted molar refractivity (Wildman–Crippen MR) is 417 cm³/mol. The summed E-state index contributed by atoms with van der Waals surface area (Å²) in [7, 11) is 0. The molecule has 16 rings (SSSR count). The molecule has 0 spiro atoms. The molecule has 0 saturated carbocycles. The van der Waals surface area contributed by atoms with Crippen molar-refractivity contribution < 1.29 is 8.83 Å². The first-order valence-electron chi connectivity index (χ1n) is 35.0. The van der Waals surface area contributed by atoms with Crippen molar-refractivity contribution in [2.24, 2.45) is 0 Å². The van der Waals surface area contributed by atoms with Crippen LogP contribution in [-0.2, 0) is 28.1 Å². The molecule has 4 nitrogen and oxygen atoms in total. The maximum Gasteiger partial charge on any atom is 0.252 e. The van der Waals surface area contributed by atoms with Gasteiger partial charge in [0.15, 0.2) is 0 Å². The smallest absolute Gasteiger partial charge is 0.252 e. The third-order valence-electron chi connectivity index (χ3n) is 21.8. The topological polar surface area (TPSA) is 32.8 Å². The second-order valence-corrected chi connectivity index (χ2v) is 29.1. The van der Waals surface area contributed by atoms with Gasteiger partial charge in [-0.3, -0.25) is 0 Å². The van der Waals surface area contributed by atoms with Crippen molar-refractivity contribution in [1.82, 2.24) is 0 Å². The second-order valence-electron chi connectivity index (χ2n) is 29.1. The fourth-order valence-corrected chi connectivity index (χ4v) is 15.7. The Kier molecular flexibility index (Phi) is 16.3. The molecule has 0 saturated heterocycles. The van der Waals surface area contributed by atoms with Crippen LogP contribution in [-0.4, -0.2) is 6.71 Å². The number of rotatable bonds is 14. The summed E-state index contributed by atoms with van der Waals surface area (Å²) in [6, 6.07) is 101. The van der Waals surface area contributed by atoms with Gasteiger partial charge in [-0.25, -0.2) is 0 Å². The molecule has 12 aromatic carbocycles. The summed E-state index contributed by atoms with van der Waals surface area (Å²) in [5, 5.41) is 4.69. The van der Waals surface area contributed by atoms with Gasteiger partial charge in [0.05, 0.1) is 0 Å². The predicted octanol–water partition coefficient (Wildman–Crippen LogP) is 23.3. The lowest BCUT2D eigenvalue weighted by Crippen LogP contribution is -2.61. The molecule has 98 heavy (non-hydrogen) atoms. The summed E-state index contributed by atoms with van der Waals surface area (Å²) in [5.74, 6) is 0. The summed E-state index contributed by atoms with van der Waals surface area (Å²) < 4.78 is 12.6. The van der Waals surface area contributed by atoms with Gasteiger partial charge in [0, 0.05) is 83.7 Å². The third kappa shape index (κ3) is 11.0. The van der Waals surface area contributed by atoms with Crippen molar-refractivity contribution in [3.63, 3.8) is 0 Å². The van der Waals surface area contributed by atoms with Gasteiger partial charge in [-0.05, 0) is 159 Å². The number of allylic oxidation sites excluding steroid dienone is 4. The molecule has 2 aromatic heterocycles. The zero-order valence-electron chi connectivity index (χ0n) is 58.4. The molecule has 5 heteroatoms. The Balaban J connectivity index is 0.000000493. The second kappa shape index (κ2) is 25.1. The Morgan fingerprint density at radius 1 is 0.398 bits per heavy atom. The molecule has 0 N–H and O–H groups in total. The first-order valence-corrected chi connectivity index (χ1v) is 35.0. The maximum atomic E-state index is 6.79. The number of anilines is 6. The van der Waals surface area contributed by atoms with Crippen LogP contribution in [0, 0.1) is 6.92 Å². The summed E-state index contributed by atoms with van der Waals surface area (Å²) in [5.41, 5.74) is 27.6. The highest BCUT2D eigenvalue weighted by Gasteiger charge is 2.45. The molecule has 0 fully saturated rings. The molecule has 0 atom stereocenters. The van der Waals surface area contributed by atoms with E-state index in [1.165, 1.54) is 106 Å². The molecular formula is C93H85BN2O2. The average Bonchev–Trinajstić information content (AvgIpc) is 0.928. The average molecular weight is 1270 g/mol. The molecule has 0 radical (unpaired) electrons. The van der Waals surface area contributed by atoms with E-state index in [9.17, 15) is 0 Å². The minimum absolute atomic E-state index is 0.115. The van der Waals surface area contributed by atoms with Gasteiger partial charge < -0.3 is 18.6 Å². The number of fused-ring (bicyclic) bond motifs is 10. The van der Waals surface area contributed by atoms with Gasteiger partial charge in [-0.1, -0.05) is 293 Å². The minimum atomic E-state index is -0.286. The lowest BCUT2D eigenvalue weighted by molar-refractivity contribution is 0.638. The number of para-hydroxylation sites is 4. The number of nitrogens with zero attached hydrogens (tertiary/aromatic N) is 2. The van der Waals surface area contributed by atoms with E-state index in [0.29, 0.717) is 6.42 Å². The van der Waals surface area contributed by atoms with Gasteiger partial charge in [0.25, 0.3) is 6.71 Å². The van der Waals surface area contributed by atoms with Gasteiger partial charge in [0.1, 0.15) is 22.3 Å². The Morgan fingerprint density at radius 2 is 0.806 bits per heavy atom. The van der Waals surface area contributed by atoms with E-state index in [4.69, 9.17) is 8.83 Å². The van der Waals surface area contributed by atoms with E-state index in [0.717, 1.165) is 56.5 Å². The molecule has 0 bridgehead atoms. The molecule has 0 unspecified atom stereocenters. The Morgan fingerprint density at radius 3 is 1.31 bits per heavy atom. The fourth-order valence-electron chi connectivity index (χ4n) is 15.7. The van der Waals surface area contributed by atoms with Crippen molar-refractivity contribution in [3.05, 3.63) is 352 Å². The van der Waals surface area contributed by atoms with Crippen molar-refractivity contribution in [2.45, 2.75) is 111 Å². The Bertz CT molecular complexity index is 5340. The quantitative estimate of drug-likeness (QED) is 0.0802. The number of hydrogen-bond donors (Lipinski definition) is 0. The molecule has 0 amide bonds. The minimum Gasteiger partial charge on any atom is -0.456 e. The van der Waals surface area contributed by atoms with Gasteiger partial charge >= 0.3 is 0 Å². The molecule has 4 heterocycles. The van der Waals surface area contributed by atoms with Crippen LogP contribution in [0.2, 0.25) is 0 Å². The highest BCUT2D eigenvalue weighted by atomic mass is 16.3. The summed E-state index contributed by atoms with van der Waals surface area (Å²) in [6.45, 7) is 25.3. The monoisotopic (exact) mass is 1270 g/mol. The number of aryl methyl sites for hydroxylation is 1. The van der Waals surface area contributed by atoms with Gasteiger partial charge in [-0.15, -0.1) is 0 Å². The lowest BCUT2D eigenvalue weighted by Gasteiger charge is -2.45. The third-order valence-corrected chi connectivity index (χ3v) is 21.8. The SMILES string of the molecule is C/C=C(\C=C/CC)C(C)(C)c1ccc2c(c1)B1c3cc(C(C)(C)c4ccccc4)ccc3N(c3ccc(C(C)(C)c4ccccc4)cc3)c3cc(Cc4cccc5c4oc4ccccc45)cc(c31)N2c1ccc(C(C)(C)c2ccccc2)cc1.Cc1cccc2c1oc1ccccc12. The van der Waals surface area contributed by atoms with E-state index in [2.05, 4.69) is 359 Å².